The predicted molar refractivity (Wildman–Crippen MR) is 124 cm³/mol. The van der Waals surface area contributed by atoms with Crippen LogP contribution in [0.4, 0.5) is 10.5 Å². The number of hydrogen-bond donors (Lipinski definition) is 1. The number of halogens is 2. The van der Waals surface area contributed by atoms with Crippen LogP contribution in [-0.4, -0.2) is 29.9 Å². The van der Waals surface area contributed by atoms with E-state index in [1.54, 1.807) is 36.2 Å². The lowest BCUT2D eigenvalue weighted by Gasteiger charge is -2.35. The Hall–Kier alpha value is -3.02. The molecule has 31 heavy (non-hydrogen) atoms. The van der Waals surface area contributed by atoms with Gasteiger partial charge in [-0.3, -0.25) is 4.79 Å². The van der Waals surface area contributed by atoms with Crippen LogP contribution in [0.1, 0.15) is 22.7 Å². The van der Waals surface area contributed by atoms with Gasteiger partial charge in [-0.05, 0) is 35.4 Å². The molecule has 0 aromatic heterocycles. The number of likely N-dealkylation sites (N-methyl/N-ethyl adjacent to an activating group) is 1. The molecular formula is C24H21Cl2N3O2. The van der Waals surface area contributed by atoms with E-state index in [9.17, 15) is 9.59 Å². The third-order valence-electron chi connectivity index (χ3n) is 5.60. The summed E-state index contributed by atoms with van der Waals surface area (Å²) in [6, 6.07) is 19.8. The van der Waals surface area contributed by atoms with Crippen LogP contribution in [0.5, 0.6) is 0 Å². The summed E-state index contributed by atoms with van der Waals surface area (Å²) in [4.78, 5) is 29.4. The average molecular weight is 454 g/mol. The van der Waals surface area contributed by atoms with Crippen LogP contribution in [0.25, 0.3) is 0 Å². The van der Waals surface area contributed by atoms with E-state index < -0.39 is 18.1 Å². The first kappa shape index (κ1) is 21.2. The Morgan fingerprint density at radius 1 is 0.968 bits per heavy atom. The molecular weight excluding hydrogens is 433 g/mol. The van der Waals surface area contributed by atoms with Gasteiger partial charge in [0.15, 0.2) is 0 Å². The molecule has 0 spiro atoms. The van der Waals surface area contributed by atoms with E-state index in [4.69, 9.17) is 28.9 Å². The molecule has 0 aliphatic carbocycles. The highest BCUT2D eigenvalue weighted by Crippen LogP contribution is 2.43. The van der Waals surface area contributed by atoms with E-state index in [1.807, 2.05) is 48.5 Å². The highest BCUT2D eigenvalue weighted by atomic mass is 35.5. The van der Waals surface area contributed by atoms with Gasteiger partial charge in [0.1, 0.15) is 6.04 Å². The van der Waals surface area contributed by atoms with Crippen LogP contribution in [0.15, 0.2) is 72.8 Å². The lowest BCUT2D eigenvalue weighted by Crippen LogP contribution is -2.52. The number of nitrogens with two attached hydrogens (primary N) is 1. The number of fused-ring (bicyclic) bond motifs is 1. The fourth-order valence-electron chi connectivity index (χ4n) is 4.16. The molecule has 2 N–H and O–H groups in total. The zero-order valence-corrected chi connectivity index (χ0v) is 18.3. The standard InChI is InChI=1S/C24H21Cl2N3O2/c1-28-20-12-11-16(25)14-18(20)22(17-9-5-6-10-19(17)26)29(24(27)31)21(23(28)30)13-15-7-3-2-4-8-15/h2-12,14,21-22H,13H2,1H3,(H2,27,31). The van der Waals surface area contributed by atoms with Crippen LogP contribution in [0.3, 0.4) is 0 Å². The molecule has 3 amide bonds. The third-order valence-corrected chi connectivity index (χ3v) is 6.18. The first-order chi connectivity index (χ1) is 14.9. The van der Waals surface area contributed by atoms with E-state index in [2.05, 4.69) is 0 Å². The van der Waals surface area contributed by atoms with Crippen LogP contribution < -0.4 is 10.6 Å². The van der Waals surface area contributed by atoms with Crippen molar-refractivity contribution in [2.75, 3.05) is 11.9 Å². The van der Waals surface area contributed by atoms with Crippen molar-refractivity contribution < 1.29 is 9.59 Å². The highest BCUT2D eigenvalue weighted by Gasteiger charge is 2.42. The number of hydrogen-bond acceptors (Lipinski definition) is 2. The predicted octanol–water partition coefficient (Wildman–Crippen LogP) is 5.05. The Morgan fingerprint density at radius 3 is 2.32 bits per heavy atom. The number of primary amides is 1. The van der Waals surface area contributed by atoms with Crippen molar-refractivity contribution in [2.24, 2.45) is 5.73 Å². The molecule has 3 aromatic rings. The van der Waals surface area contributed by atoms with Crippen molar-refractivity contribution in [1.82, 2.24) is 4.90 Å². The van der Waals surface area contributed by atoms with Crippen molar-refractivity contribution in [3.8, 4) is 0 Å². The number of carbonyl (C=O) groups excluding carboxylic acids is 2. The van der Waals surface area contributed by atoms with Gasteiger partial charge in [0.2, 0.25) is 5.91 Å². The van der Waals surface area contributed by atoms with Crippen LogP contribution in [-0.2, 0) is 11.2 Å². The Bertz CT molecular complexity index is 1140. The zero-order valence-electron chi connectivity index (χ0n) is 16.8. The molecule has 0 radical (unpaired) electrons. The molecule has 7 heteroatoms. The second-order valence-electron chi connectivity index (χ2n) is 7.48. The number of rotatable bonds is 3. The average Bonchev–Trinajstić information content (AvgIpc) is 2.84. The smallest absolute Gasteiger partial charge is 0.316 e. The summed E-state index contributed by atoms with van der Waals surface area (Å²) < 4.78 is 0. The second kappa shape index (κ2) is 8.61. The number of nitrogens with zero attached hydrogens (tertiary/aromatic N) is 2. The number of benzene rings is 3. The minimum atomic E-state index is -0.822. The van der Waals surface area contributed by atoms with E-state index in [1.165, 1.54) is 4.90 Å². The van der Waals surface area contributed by atoms with Gasteiger partial charge >= 0.3 is 6.03 Å². The van der Waals surface area contributed by atoms with Crippen molar-refractivity contribution in [3.05, 3.63) is 99.5 Å². The van der Waals surface area contributed by atoms with Crippen LogP contribution in [0, 0.1) is 0 Å². The molecule has 4 rings (SSSR count). The molecule has 3 aromatic carbocycles. The first-order valence-electron chi connectivity index (χ1n) is 9.81. The number of anilines is 1. The molecule has 158 valence electrons. The van der Waals surface area contributed by atoms with Gasteiger partial charge in [-0.25, -0.2) is 4.79 Å². The molecule has 0 saturated carbocycles. The third kappa shape index (κ3) is 3.99. The van der Waals surface area contributed by atoms with E-state index in [-0.39, 0.29) is 5.91 Å². The van der Waals surface area contributed by atoms with Crippen molar-refractivity contribution in [2.45, 2.75) is 18.5 Å². The fraction of sp³-hybridized carbons (Fsp3) is 0.167. The number of amides is 3. The Kier molecular flexibility index (Phi) is 5.90. The quantitative estimate of drug-likeness (QED) is 0.602. The highest BCUT2D eigenvalue weighted by molar-refractivity contribution is 6.31. The molecule has 1 aliphatic heterocycles. The Labute approximate surface area is 191 Å². The van der Waals surface area contributed by atoms with E-state index in [0.717, 1.165) is 5.56 Å². The summed E-state index contributed by atoms with van der Waals surface area (Å²) in [5, 5.41) is 0.961. The van der Waals surface area contributed by atoms with Gasteiger partial charge in [0.05, 0.1) is 6.04 Å². The van der Waals surface area contributed by atoms with Crippen LogP contribution in [0.2, 0.25) is 10.0 Å². The zero-order chi connectivity index (χ0) is 22.1. The lowest BCUT2D eigenvalue weighted by molar-refractivity contribution is -0.122. The topological polar surface area (TPSA) is 66.6 Å². The van der Waals surface area contributed by atoms with Crippen molar-refractivity contribution >= 4 is 40.8 Å². The Balaban J connectivity index is 1.97. The molecule has 1 heterocycles. The molecule has 1 aliphatic rings. The summed E-state index contributed by atoms with van der Waals surface area (Å²) in [6.45, 7) is 0. The normalized spacial score (nSPS) is 18.5. The molecule has 2 unspecified atom stereocenters. The van der Waals surface area contributed by atoms with Gasteiger partial charge < -0.3 is 15.5 Å². The first-order valence-corrected chi connectivity index (χ1v) is 10.6. The lowest BCUT2D eigenvalue weighted by atomic mass is 9.94. The SMILES string of the molecule is CN1C(=O)C(Cc2ccccc2)N(C(N)=O)C(c2ccccc2Cl)c2cc(Cl)ccc21. The fourth-order valence-corrected chi connectivity index (χ4v) is 4.58. The van der Waals surface area contributed by atoms with Gasteiger partial charge in [0, 0.05) is 34.8 Å². The molecule has 0 fully saturated rings. The number of urea groups is 1. The van der Waals surface area contributed by atoms with Gasteiger partial charge in [-0.15, -0.1) is 0 Å². The monoisotopic (exact) mass is 453 g/mol. The van der Waals surface area contributed by atoms with E-state index >= 15 is 0 Å². The minimum absolute atomic E-state index is 0.235. The summed E-state index contributed by atoms with van der Waals surface area (Å²) in [7, 11) is 1.70. The van der Waals surface area contributed by atoms with E-state index in [0.29, 0.717) is 33.3 Å². The minimum Gasteiger partial charge on any atom is -0.351 e. The maximum atomic E-state index is 13.6. The van der Waals surface area contributed by atoms with Gasteiger partial charge in [-0.2, -0.15) is 0 Å². The largest absolute Gasteiger partial charge is 0.351 e. The van der Waals surface area contributed by atoms with Gasteiger partial charge in [0.25, 0.3) is 0 Å². The summed E-state index contributed by atoms with van der Waals surface area (Å²) in [5.41, 5.74) is 8.83. The molecule has 2 atom stereocenters. The van der Waals surface area contributed by atoms with Crippen molar-refractivity contribution in [1.29, 1.82) is 0 Å². The van der Waals surface area contributed by atoms with Gasteiger partial charge in [-0.1, -0.05) is 71.7 Å². The summed E-state index contributed by atoms with van der Waals surface area (Å²) in [6.07, 6.45) is 0.315. The Morgan fingerprint density at radius 2 is 1.65 bits per heavy atom. The summed E-state index contributed by atoms with van der Waals surface area (Å²) >= 11 is 12.9. The molecule has 5 nitrogen and oxygen atoms in total. The molecule has 0 saturated heterocycles. The maximum Gasteiger partial charge on any atom is 0.316 e. The second-order valence-corrected chi connectivity index (χ2v) is 8.32. The summed E-state index contributed by atoms with van der Waals surface area (Å²) in [5.74, 6) is -0.235. The number of carbonyl (C=O) groups is 2. The maximum absolute atomic E-state index is 13.6. The molecule has 0 bridgehead atoms. The van der Waals surface area contributed by atoms with Crippen LogP contribution >= 0.6 is 23.2 Å². The van der Waals surface area contributed by atoms with Crippen molar-refractivity contribution in [3.63, 3.8) is 0 Å².